The first-order chi connectivity index (χ1) is 9.33. The zero-order chi connectivity index (χ0) is 14.8. The highest BCUT2D eigenvalue weighted by Crippen LogP contribution is 2.25. The third kappa shape index (κ3) is 3.74. The topological polar surface area (TPSA) is 64.4 Å². The van der Waals surface area contributed by atoms with Crippen LogP contribution >= 0.6 is 0 Å². The Kier molecular flexibility index (Phi) is 3.64. The molecule has 0 aliphatic heterocycles. The van der Waals surface area contributed by atoms with Gasteiger partial charge in [-0.25, -0.2) is 0 Å². The fraction of sp³-hybridized carbons (Fsp3) is 0.167. The molecule has 0 saturated carbocycles. The van der Waals surface area contributed by atoms with Crippen LogP contribution in [0, 0.1) is 6.92 Å². The number of rotatable bonds is 3. The number of carbonyl (C=O) groups is 1. The van der Waals surface area contributed by atoms with E-state index in [-0.39, 0.29) is 11.4 Å². The van der Waals surface area contributed by atoms with Gasteiger partial charge in [-0.15, -0.1) is 13.2 Å². The van der Waals surface area contributed by atoms with Crippen LogP contribution in [0.2, 0.25) is 0 Å². The molecule has 1 heterocycles. The van der Waals surface area contributed by atoms with Crippen LogP contribution in [-0.2, 0) is 0 Å². The minimum Gasteiger partial charge on any atom is -0.406 e. The van der Waals surface area contributed by atoms with E-state index in [2.05, 4.69) is 15.2 Å². The maximum absolute atomic E-state index is 12.1. The molecular formula is C12H9F3N2O3. The van der Waals surface area contributed by atoms with Crippen molar-refractivity contribution in [2.75, 3.05) is 5.32 Å². The Labute approximate surface area is 111 Å². The summed E-state index contributed by atoms with van der Waals surface area (Å²) in [6.07, 6.45) is -4.79. The Hall–Kier alpha value is -2.51. The van der Waals surface area contributed by atoms with Crippen LogP contribution < -0.4 is 10.1 Å². The van der Waals surface area contributed by atoms with Crippen molar-refractivity contribution in [2.45, 2.75) is 13.3 Å². The van der Waals surface area contributed by atoms with Gasteiger partial charge in [-0.1, -0.05) is 11.2 Å². The summed E-state index contributed by atoms with van der Waals surface area (Å²) in [6.45, 7) is 1.64. The number of anilines is 1. The molecule has 8 heteroatoms. The first-order valence-corrected chi connectivity index (χ1v) is 5.44. The highest BCUT2D eigenvalue weighted by Gasteiger charge is 2.31. The fourth-order valence-corrected chi connectivity index (χ4v) is 1.43. The van der Waals surface area contributed by atoms with Gasteiger partial charge in [0.15, 0.2) is 0 Å². The van der Waals surface area contributed by atoms with Crippen molar-refractivity contribution in [3.05, 3.63) is 41.8 Å². The van der Waals surface area contributed by atoms with Crippen LogP contribution in [-0.4, -0.2) is 17.4 Å². The first kappa shape index (κ1) is 13.9. The van der Waals surface area contributed by atoms with Gasteiger partial charge in [-0.2, -0.15) is 0 Å². The summed E-state index contributed by atoms with van der Waals surface area (Å²) >= 11 is 0. The molecule has 0 bridgehead atoms. The number of nitrogens with zero attached hydrogens (tertiary/aromatic N) is 1. The number of ether oxygens (including phenoxy) is 1. The zero-order valence-corrected chi connectivity index (χ0v) is 10.2. The van der Waals surface area contributed by atoms with E-state index in [0.717, 1.165) is 12.1 Å². The number of aryl methyl sites for hydroxylation is 1. The van der Waals surface area contributed by atoms with E-state index >= 15 is 0 Å². The molecule has 0 unspecified atom stereocenters. The van der Waals surface area contributed by atoms with Gasteiger partial charge in [0.1, 0.15) is 5.75 Å². The number of amides is 1. The molecule has 1 aromatic carbocycles. The Balaban J connectivity index is 2.10. The number of nitrogens with one attached hydrogen (secondary N) is 1. The van der Waals surface area contributed by atoms with Gasteiger partial charge in [0.05, 0.1) is 5.69 Å². The predicted octanol–water partition coefficient (Wildman–Crippen LogP) is 3.13. The average molecular weight is 286 g/mol. The third-order valence-electron chi connectivity index (χ3n) is 2.18. The van der Waals surface area contributed by atoms with Crippen LogP contribution in [0.3, 0.4) is 0 Å². The lowest BCUT2D eigenvalue weighted by Gasteiger charge is -2.10. The van der Waals surface area contributed by atoms with Crippen molar-refractivity contribution in [2.24, 2.45) is 0 Å². The number of hydrogen-bond acceptors (Lipinski definition) is 4. The average Bonchev–Trinajstić information content (AvgIpc) is 2.74. The van der Waals surface area contributed by atoms with Crippen molar-refractivity contribution in [3.63, 3.8) is 0 Å². The van der Waals surface area contributed by atoms with E-state index in [1.165, 1.54) is 18.2 Å². The molecule has 0 atom stereocenters. The minimum absolute atomic E-state index is 0.0374. The molecule has 0 spiro atoms. The Morgan fingerprint density at radius 1 is 1.35 bits per heavy atom. The first-order valence-electron chi connectivity index (χ1n) is 5.44. The summed E-state index contributed by atoms with van der Waals surface area (Å²) in [5, 5.41) is 5.91. The van der Waals surface area contributed by atoms with Crippen molar-refractivity contribution in [3.8, 4) is 5.75 Å². The molecule has 2 aromatic rings. The lowest BCUT2D eigenvalue weighted by Crippen LogP contribution is -2.17. The quantitative estimate of drug-likeness (QED) is 0.941. The SMILES string of the molecule is Cc1cc(C(=O)Nc2cccc(OC(F)(F)F)c2)on1. The number of halogens is 3. The maximum Gasteiger partial charge on any atom is 0.573 e. The molecule has 0 fully saturated rings. The molecule has 2 rings (SSSR count). The fourth-order valence-electron chi connectivity index (χ4n) is 1.43. The number of hydrogen-bond donors (Lipinski definition) is 1. The molecule has 1 aromatic heterocycles. The van der Waals surface area contributed by atoms with Gasteiger partial charge in [-0.3, -0.25) is 4.79 Å². The lowest BCUT2D eigenvalue weighted by atomic mass is 10.3. The van der Waals surface area contributed by atoms with Crippen molar-refractivity contribution >= 4 is 11.6 Å². The van der Waals surface area contributed by atoms with E-state index in [4.69, 9.17) is 4.52 Å². The zero-order valence-electron chi connectivity index (χ0n) is 10.2. The largest absolute Gasteiger partial charge is 0.573 e. The molecule has 1 N–H and O–H groups in total. The molecule has 106 valence electrons. The summed E-state index contributed by atoms with van der Waals surface area (Å²) in [6, 6.07) is 6.33. The molecule has 5 nitrogen and oxygen atoms in total. The standard InChI is InChI=1S/C12H9F3N2O3/c1-7-5-10(20-17-7)11(18)16-8-3-2-4-9(6-8)19-12(13,14)15/h2-6H,1H3,(H,16,18). The maximum atomic E-state index is 12.1. The number of aromatic nitrogens is 1. The van der Waals surface area contributed by atoms with Gasteiger partial charge in [0.25, 0.3) is 5.91 Å². The summed E-state index contributed by atoms with van der Waals surface area (Å²) in [4.78, 5) is 11.7. The summed E-state index contributed by atoms with van der Waals surface area (Å²) in [5.74, 6) is -1.08. The van der Waals surface area contributed by atoms with E-state index in [1.807, 2.05) is 0 Å². The highest BCUT2D eigenvalue weighted by atomic mass is 19.4. The second kappa shape index (κ2) is 5.24. The van der Waals surface area contributed by atoms with E-state index in [9.17, 15) is 18.0 Å². The van der Waals surface area contributed by atoms with Crippen molar-refractivity contribution < 1.29 is 27.2 Å². The van der Waals surface area contributed by atoms with Crippen molar-refractivity contribution in [1.82, 2.24) is 5.16 Å². The second-order valence-corrected chi connectivity index (χ2v) is 3.86. The van der Waals surface area contributed by atoms with Crippen LogP contribution in [0.4, 0.5) is 18.9 Å². The van der Waals surface area contributed by atoms with Crippen molar-refractivity contribution in [1.29, 1.82) is 0 Å². The highest BCUT2D eigenvalue weighted by molar-refractivity contribution is 6.02. The molecule has 0 radical (unpaired) electrons. The molecular weight excluding hydrogens is 277 g/mol. The van der Waals surface area contributed by atoms with Gasteiger partial charge in [0.2, 0.25) is 5.76 Å². The van der Waals surface area contributed by atoms with Gasteiger partial charge in [0, 0.05) is 17.8 Å². The van der Waals surface area contributed by atoms with Gasteiger partial charge < -0.3 is 14.6 Å². The smallest absolute Gasteiger partial charge is 0.406 e. The third-order valence-corrected chi connectivity index (χ3v) is 2.18. The lowest BCUT2D eigenvalue weighted by molar-refractivity contribution is -0.274. The number of alkyl halides is 3. The second-order valence-electron chi connectivity index (χ2n) is 3.86. The Bertz CT molecular complexity index is 622. The van der Waals surface area contributed by atoms with Gasteiger partial charge >= 0.3 is 6.36 Å². The van der Waals surface area contributed by atoms with Crippen LogP contribution in [0.1, 0.15) is 16.2 Å². The number of benzene rings is 1. The van der Waals surface area contributed by atoms with E-state index in [0.29, 0.717) is 5.69 Å². The van der Waals surface area contributed by atoms with Crippen LogP contribution in [0.15, 0.2) is 34.9 Å². The molecule has 0 aliphatic carbocycles. The Morgan fingerprint density at radius 3 is 2.70 bits per heavy atom. The normalized spacial score (nSPS) is 11.2. The van der Waals surface area contributed by atoms with E-state index < -0.39 is 18.0 Å². The summed E-state index contributed by atoms with van der Waals surface area (Å²) in [7, 11) is 0. The molecule has 0 saturated heterocycles. The molecule has 1 amide bonds. The summed E-state index contributed by atoms with van der Waals surface area (Å²) in [5.41, 5.74) is 0.662. The predicted molar refractivity (Wildman–Crippen MR) is 62.3 cm³/mol. The molecule has 0 aliphatic rings. The minimum atomic E-state index is -4.79. The van der Waals surface area contributed by atoms with Gasteiger partial charge in [-0.05, 0) is 19.1 Å². The Morgan fingerprint density at radius 2 is 2.10 bits per heavy atom. The molecule has 20 heavy (non-hydrogen) atoms. The van der Waals surface area contributed by atoms with Crippen LogP contribution in [0.25, 0.3) is 0 Å². The van der Waals surface area contributed by atoms with E-state index in [1.54, 1.807) is 6.92 Å². The van der Waals surface area contributed by atoms with Crippen LogP contribution in [0.5, 0.6) is 5.75 Å². The summed E-state index contributed by atoms with van der Waals surface area (Å²) < 4.78 is 44.7. The monoisotopic (exact) mass is 286 g/mol. The number of carbonyl (C=O) groups excluding carboxylic acids is 1.